The van der Waals surface area contributed by atoms with E-state index in [-0.39, 0.29) is 36.8 Å². The Balaban J connectivity index is 1.28. The van der Waals surface area contributed by atoms with Crippen molar-refractivity contribution >= 4 is 17.8 Å². The summed E-state index contributed by atoms with van der Waals surface area (Å²) in [6, 6.07) is 9.57. The van der Waals surface area contributed by atoms with Crippen molar-refractivity contribution in [1.82, 2.24) is 25.3 Å². The van der Waals surface area contributed by atoms with E-state index in [1.807, 2.05) is 87.5 Å². The number of benzene rings is 1. The molecule has 3 N–H and O–H groups in total. The molecular formula is C27H34N6O4. The van der Waals surface area contributed by atoms with Gasteiger partial charge >= 0.3 is 6.03 Å². The maximum atomic E-state index is 13.5. The topological polar surface area (TPSA) is 112 Å². The van der Waals surface area contributed by atoms with Crippen molar-refractivity contribution < 1.29 is 19.1 Å². The molecule has 3 aliphatic rings. The number of amides is 3. The Bertz CT molecular complexity index is 1200. The van der Waals surface area contributed by atoms with E-state index >= 15 is 0 Å². The van der Waals surface area contributed by atoms with Gasteiger partial charge in [0, 0.05) is 12.1 Å². The van der Waals surface area contributed by atoms with Gasteiger partial charge in [-0.3, -0.25) is 9.89 Å². The summed E-state index contributed by atoms with van der Waals surface area (Å²) in [6.45, 7) is 5.06. The zero-order chi connectivity index (χ0) is 26.2. The fourth-order valence-electron chi connectivity index (χ4n) is 5.06. The van der Waals surface area contributed by atoms with Gasteiger partial charge < -0.3 is 29.9 Å². The van der Waals surface area contributed by atoms with Crippen LogP contribution in [0.3, 0.4) is 0 Å². The number of rotatable bonds is 6. The van der Waals surface area contributed by atoms with Gasteiger partial charge in [-0.25, -0.2) is 4.79 Å². The number of carbonyl (C=O) groups is 2. The number of aromatic nitrogens is 2. The first kappa shape index (κ1) is 25.2. The van der Waals surface area contributed by atoms with Gasteiger partial charge in [-0.15, -0.1) is 0 Å². The normalized spacial score (nSPS) is 24.5. The first-order chi connectivity index (χ1) is 17.7. The number of hydrogen-bond donors (Lipinski definition) is 3. The van der Waals surface area contributed by atoms with Gasteiger partial charge in [-0.05, 0) is 33.5 Å². The maximum absolute atomic E-state index is 13.5. The second-order valence-electron chi connectivity index (χ2n) is 10.4. The highest BCUT2D eigenvalue weighted by atomic mass is 16.6. The Morgan fingerprint density at radius 1 is 1.19 bits per heavy atom. The van der Waals surface area contributed by atoms with Crippen molar-refractivity contribution in [3.63, 3.8) is 0 Å². The number of ether oxygens (including phenoxy) is 2. The minimum absolute atomic E-state index is 0.157. The van der Waals surface area contributed by atoms with Crippen LogP contribution >= 0.6 is 0 Å². The zero-order valence-corrected chi connectivity index (χ0v) is 21.6. The van der Waals surface area contributed by atoms with Crippen LogP contribution in [0, 0.1) is 0 Å². The number of H-pyrrole nitrogens is 1. The second-order valence-corrected chi connectivity index (χ2v) is 10.4. The van der Waals surface area contributed by atoms with E-state index in [1.165, 1.54) is 0 Å². The molecule has 10 nitrogen and oxygen atoms in total. The van der Waals surface area contributed by atoms with Crippen LogP contribution in [0.1, 0.15) is 36.7 Å². The van der Waals surface area contributed by atoms with Crippen molar-refractivity contribution in [2.75, 3.05) is 32.6 Å². The Hall–Kier alpha value is -3.47. The van der Waals surface area contributed by atoms with E-state index in [9.17, 15) is 9.59 Å². The Labute approximate surface area is 216 Å². The van der Waals surface area contributed by atoms with E-state index < -0.39 is 11.6 Å². The molecule has 37 heavy (non-hydrogen) atoms. The van der Waals surface area contributed by atoms with Crippen LogP contribution in [-0.4, -0.2) is 77.5 Å². The average Bonchev–Trinajstić information content (AvgIpc) is 3.41. The number of anilines is 1. The van der Waals surface area contributed by atoms with Gasteiger partial charge in [-0.1, -0.05) is 54.6 Å². The molecule has 1 saturated heterocycles. The Kier molecular flexibility index (Phi) is 6.89. The molecule has 1 fully saturated rings. The number of hydrogen-bond acceptors (Lipinski definition) is 6. The van der Waals surface area contributed by atoms with Crippen molar-refractivity contribution in [1.29, 1.82) is 0 Å². The molecule has 0 bridgehead atoms. The molecular weight excluding hydrogens is 472 g/mol. The van der Waals surface area contributed by atoms with Gasteiger partial charge in [0.05, 0.1) is 30.4 Å². The Morgan fingerprint density at radius 2 is 1.92 bits per heavy atom. The summed E-state index contributed by atoms with van der Waals surface area (Å²) < 4.78 is 11.7. The quantitative estimate of drug-likeness (QED) is 0.556. The molecule has 3 amide bonds. The average molecular weight is 507 g/mol. The van der Waals surface area contributed by atoms with Crippen LogP contribution in [0.15, 0.2) is 54.6 Å². The summed E-state index contributed by atoms with van der Waals surface area (Å²) in [5.74, 6) is 0.0765. The number of urea groups is 1. The first-order valence-corrected chi connectivity index (χ1v) is 12.5. The Morgan fingerprint density at radius 3 is 2.65 bits per heavy atom. The van der Waals surface area contributed by atoms with Gasteiger partial charge in [0.2, 0.25) is 0 Å². The lowest BCUT2D eigenvalue weighted by atomic mass is 10.0. The summed E-state index contributed by atoms with van der Waals surface area (Å²) in [5, 5.41) is 13.5. The summed E-state index contributed by atoms with van der Waals surface area (Å²) >= 11 is 0. The van der Waals surface area contributed by atoms with Gasteiger partial charge in [0.15, 0.2) is 11.9 Å². The highest BCUT2D eigenvalue weighted by Gasteiger charge is 2.45. The third kappa shape index (κ3) is 5.04. The fourth-order valence-corrected chi connectivity index (χ4v) is 5.06. The molecule has 0 radical (unpaired) electrons. The minimum Gasteiger partial charge on any atom is -0.368 e. The molecule has 0 saturated carbocycles. The highest BCUT2D eigenvalue weighted by molar-refractivity contribution is 5.94. The number of allylic oxidation sites excluding steroid dienone is 2. The highest BCUT2D eigenvalue weighted by Crippen LogP contribution is 2.40. The molecule has 3 heterocycles. The molecule has 3 unspecified atom stereocenters. The van der Waals surface area contributed by atoms with Crippen LogP contribution in [0.4, 0.5) is 10.6 Å². The number of carbonyl (C=O) groups excluding carboxylic acids is 2. The molecule has 1 aliphatic carbocycles. The summed E-state index contributed by atoms with van der Waals surface area (Å²) in [7, 11) is 3.96. The predicted octanol–water partition coefficient (Wildman–Crippen LogP) is 2.69. The molecule has 0 spiro atoms. The zero-order valence-electron chi connectivity index (χ0n) is 21.6. The van der Waals surface area contributed by atoms with Gasteiger partial charge in [0.1, 0.15) is 12.2 Å². The number of aromatic amines is 1. The molecule has 10 heteroatoms. The van der Waals surface area contributed by atoms with Crippen LogP contribution in [0.5, 0.6) is 0 Å². The molecule has 2 aromatic rings. The largest absolute Gasteiger partial charge is 0.368 e. The van der Waals surface area contributed by atoms with Crippen molar-refractivity contribution in [3.05, 3.63) is 71.5 Å². The van der Waals surface area contributed by atoms with E-state index in [2.05, 4.69) is 20.8 Å². The molecule has 5 rings (SSSR count). The minimum atomic E-state index is -0.753. The molecule has 2 aliphatic heterocycles. The van der Waals surface area contributed by atoms with Crippen molar-refractivity contribution in [2.24, 2.45) is 0 Å². The molecule has 196 valence electrons. The van der Waals surface area contributed by atoms with Crippen molar-refractivity contribution in [3.8, 4) is 0 Å². The first-order valence-electron chi connectivity index (χ1n) is 12.5. The predicted molar refractivity (Wildman–Crippen MR) is 139 cm³/mol. The molecule has 1 aromatic carbocycles. The maximum Gasteiger partial charge on any atom is 0.319 e. The standard InChI is InChI=1S/C27H34N6O4/c1-27(2)23-18(14-33(27)26(35)28-19(15-32(3)4)17-10-6-5-7-11-17)24(31-30-23)29-25(34)22-16-36-20-12-8-9-13-21(20)37-22/h5-13,19-22H,14-16H2,1-4H3,(H,28,35)(H2,29,30,31,34)/t19-,20?,21?,22?/m1/s1. The second kappa shape index (κ2) is 10.1. The molecule has 4 atom stereocenters. The van der Waals surface area contributed by atoms with E-state index in [0.717, 1.165) is 16.8 Å². The lowest BCUT2D eigenvalue weighted by molar-refractivity contribution is -0.164. The van der Waals surface area contributed by atoms with Gasteiger partial charge in [-0.2, -0.15) is 5.10 Å². The van der Waals surface area contributed by atoms with E-state index in [0.29, 0.717) is 18.9 Å². The smallest absolute Gasteiger partial charge is 0.319 e. The number of likely N-dealkylation sites (N-methyl/N-ethyl adjacent to an activating group) is 1. The summed E-state index contributed by atoms with van der Waals surface area (Å²) in [5.41, 5.74) is 1.97. The SMILES string of the molecule is CN(C)C[C@@H](NC(=O)N1Cc2c(NC(=O)C3COC4C=CC=CC4O3)n[nH]c2C1(C)C)c1ccccc1. The van der Waals surface area contributed by atoms with Crippen LogP contribution < -0.4 is 10.6 Å². The third-order valence-electron chi connectivity index (χ3n) is 7.09. The monoisotopic (exact) mass is 506 g/mol. The fraction of sp³-hybridized carbons (Fsp3) is 0.444. The van der Waals surface area contributed by atoms with Crippen LogP contribution in [-0.2, 0) is 26.4 Å². The summed E-state index contributed by atoms with van der Waals surface area (Å²) in [6.07, 6.45) is 6.37. The summed E-state index contributed by atoms with van der Waals surface area (Å²) in [4.78, 5) is 30.4. The molecule has 1 aromatic heterocycles. The lowest BCUT2D eigenvalue weighted by Crippen LogP contribution is -2.48. The number of nitrogens with zero attached hydrogens (tertiary/aromatic N) is 3. The van der Waals surface area contributed by atoms with Gasteiger partial charge in [0.25, 0.3) is 5.91 Å². The number of fused-ring (bicyclic) bond motifs is 2. The lowest BCUT2D eigenvalue weighted by Gasteiger charge is -2.34. The third-order valence-corrected chi connectivity index (χ3v) is 7.09. The number of nitrogens with one attached hydrogen (secondary N) is 3. The van der Waals surface area contributed by atoms with E-state index in [4.69, 9.17) is 9.47 Å². The van der Waals surface area contributed by atoms with Crippen molar-refractivity contribution in [2.45, 2.75) is 50.3 Å². The van der Waals surface area contributed by atoms with Crippen LogP contribution in [0.25, 0.3) is 0 Å². The van der Waals surface area contributed by atoms with E-state index in [1.54, 1.807) is 4.90 Å². The van der Waals surface area contributed by atoms with Crippen LogP contribution in [0.2, 0.25) is 0 Å².